The summed E-state index contributed by atoms with van der Waals surface area (Å²) >= 11 is 7.10. The van der Waals surface area contributed by atoms with Crippen LogP contribution in [0.4, 0.5) is 0 Å². The van der Waals surface area contributed by atoms with Crippen LogP contribution >= 0.6 is 31.9 Å². The van der Waals surface area contributed by atoms with Crippen LogP contribution in [0.15, 0.2) is 21.1 Å². The Morgan fingerprint density at radius 1 is 0.700 bits per heavy atom. The number of hydrogen-bond acceptors (Lipinski definition) is 0. The molecular weight excluding hydrogens is 408 g/mol. The summed E-state index contributed by atoms with van der Waals surface area (Å²) in [5.41, 5.74) is 8.88. The molecule has 1 aromatic rings. The van der Waals surface area contributed by atoms with Gasteiger partial charge in [-0.25, -0.2) is 0 Å². The third-order valence-electron chi connectivity index (χ3n) is 2.20. The Balaban J connectivity index is 3.37. The minimum atomic E-state index is -1.38. The minimum Gasteiger partial charge on any atom is -0.127 e. The molecule has 0 saturated carbocycles. The monoisotopic (exact) mass is 426 g/mol. The zero-order valence-corrected chi connectivity index (χ0v) is 18.1. The van der Waals surface area contributed by atoms with Crippen LogP contribution in [-0.2, 0) is 0 Å². The van der Waals surface area contributed by atoms with E-state index in [2.05, 4.69) is 106 Å². The maximum atomic E-state index is 3.55. The van der Waals surface area contributed by atoms with Crippen molar-refractivity contribution in [2.45, 2.75) is 39.3 Å². The summed E-state index contributed by atoms with van der Waals surface area (Å²) in [5.74, 6) is 6.66. The Morgan fingerprint density at radius 2 is 1.00 bits per heavy atom. The van der Waals surface area contributed by atoms with Crippen LogP contribution < -0.4 is 0 Å². The predicted molar refractivity (Wildman–Crippen MR) is 102 cm³/mol. The van der Waals surface area contributed by atoms with Gasteiger partial charge in [0.05, 0.1) is 0 Å². The summed E-state index contributed by atoms with van der Waals surface area (Å²) in [5, 5.41) is 0. The van der Waals surface area contributed by atoms with Crippen LogP contribution in [0.1, 0.15) is 11.1 Å². The van der Waals surface area contributed by atoms with Crippen molar-refractivity contribution in [3.8, 4) is 22.9 Å². The summed E-state index contributed by atoms with van der Waals surface area (Å²) < 4.78 is 2.05. The van der Waals surface area contributed by atoms with Crippen LogP contribution in [0.2, 0.25) is 39.3 Å². The van der Waals surface area contributed by atoms with Gasteiger partial charge in [0.25, 0.3) is 0 Å². The molecule has 20 heavy (non-hydrogen) atoms. The predicted octanol–water partition coefficient (Wildman–Crippen LogP) is 5.67. The van der Waals surface area contributed by atoms with Gasteiger partial charge in [0.15, 0.2) is 0 Å². The topological polar surface area (TPSA) is 0 Å². The van der Waals surface area contributed by atoms with E-state index in [0.717, 1.165) is 20.1 Å². The fourth-order valence-electron chi connectivity index (χ4n) is 1.26. The van der Waals surface area contributed by atoms with Gasteiger partial charge in [-0.3, -0.25) is 0 Å². The van der Waals surface area contributed by atoms with Gasteiger partial charge < -0.3 is 0 Å². The smallest absolute Gasteiger partial charge is 0.127 e. The molecule has 0 fully saturated rings. The highest BCUT2D eigenvalue weighted by Gasteiger charge is 2.10. The Kier molecular flexibility index (Phi) is 5.93. The van der Waals surface area contributed by atoms with Crippen molar-refractivity contribution in [1.82, 2.24) is 0 Å². The zero-order chi connectivity index (χ0) is 15.6. The van der Waals surface area contributed by atoms with Gasteiger partial charge in [0, 0.05) is 20.1 Å². The first-order valence-electron chi connectivity index (χ1n) is 6.53. The van der Waals surface area contributed by atoms with Gasteiger partial charge in [-0.1, -0.05) is 51.1 Å². The molecule has 0 aromatic heterocycles. The molecule has 0 aliphatic heterocycles. The van der Waals surface area contributed by atoms with Gasteiger partial charge in [0.1, 0.15) is 16.1 Å². The normalized spacial score (nSPS) is 11.2. The van der Waals surface area contributed by atoms with E-state index in [1.807, 2.05) is 0 Å². The van der Waals surface area contributed by atoms with Crippen molar-refractivity contribution in [2.24, 2.45) is 0 Å². The lowest BCUT2D eigenvalue weighted by Gasteiger charge is -2.07. The molecule has 106 valence electrons. The SMILES string of the molecule is C[Si](C)(C)C#Cc1cc(Br)c(Br)cc1C#C[Si](C)(C)C. The quantitative estimate of drug-likeness (QED) is 0.369. The van der Waals surface area contributed by atoms with Crippen molar-refractivity contribution in [3.05, 3.63) is 32.2 Å². The highest BCUT2D eigenvalue weighted by molar-refractivity contribution is 9.13. The zero-order valence-electron chi connectivity index (χ0n) is 12.9. The number of halogens is 2. The fraction of sp³-hybridized carbons (Fsp3) is 0.375. The summed E-state index contributed by atoms with van der Waals surface area (Å²) in [4.78, 5) is 0. The molecule has 1 rings (SSSR count). The van der Waals surface area contributed by atoms with Crippen LogP contribution in [0.25, 0.3) is 0 Å². The van der Waals surface area contributed by atoms with E-state index in [1.54, 1.807) is 0 Å². The summed E-state index contributed by atoms with van der Waals surface area (Å²) in [6.07, 6.45) is 0. The fourth-order valence-corrected chi connectivity index (χ4v) is 2.97. The second-order valence-electron chi connectivity index (χ2n) is 6.81. The molecule has 0 unspecified atom stereocenters. The molecule has 0 radical (unpaired) electrons. The minimum absolute atomic E-state index is 1.02. The second-order valence-corrected chi connectivity index (χ2v) is 18.0. The molecule has 0 spiro atoms. The summed E-state index contributed by atoms with van der Waals surface area (Å²) in [7, 11) is -2.76. The number of rotatable bonds is 0. The molecule has 0 N–H and O–H groups in total. The molecule has 0 aliphatic rings. The van der Waals surface area contributed by atoms with E-state index in [0.29, 0.717) is 0 Å². The molecule has 1 aromatic carbocycles. The third kappa shape index (κ3) is 6.46. The Morgan fingerprint density at radius 3 is 1.25 bits per heavy atom. The molecule has 0 heterocycles. The Bertz CT molecular complexity index is 570. The first-order valence-corrected chi connectivity index (χ1v) is 15.1. The lowest BCUT2D eigenvalue weighted by atomic mass is 10.1. The van der Waals surface area contributed by atoms with E-state index < -0.39 is 16.1 Å². The molecule has 0 nitrogen and oxygen atoms in total. The Labute approximate surface area is 142 Å². The van der Waals surface area contributed by atoms with Gasteiger partial charge in [0.2, 0.25) is 0 Å². The van der Waals surface area contributed by atoms with E-state index in [-0.39, 0.29) is 0 Å². The average molecular weight is 428 g/mol. The van der Waals surface area contributed by atoms with Crippen LogP contribution in [-0.4, -0.2) is 16.1 Å². The highest BCUT2D eigenvalue weighted by atomic mass is 79.9. The van der Waals surface area contributed by atoms with E-state index in [1.165, 1.54) is 0 Å². The molecule has 0 aliphatic carbocycles. The lowest BCUT2D eigenvalue weighted by Crippen LogP contribution is -2.16. The van der Waals surface area contributed by atoms with E-state index in [4.69, 9.17) is 0 Å². The molecule has 0 saturated heterocycles. The van der Waals surface area contributed by atoms with Crippen molar-refractivity contribution < 1.29 is 0 Å². The molecule has 0 atom stereocenters. The molecule has 0 amide bonds. The van der Waals surface area contributed by atoms with Gasteiger partial charge in [-0.05, 0) is 44.0 Å². The number of benzene rings is 1. The van der Waals surface area contributed by atoms with Crippen molar-refractivity contribution >= 4 is 48.0 Å². The first kappa shape index (κ1) is 17.8. The average Bonchev–Trinajstić information content (AvgIpc) is 2.26. The largest absolute Gasteiger partial charge is 0.129 e. The van der Waals surface area contributed by atoms with E-state index >= 15 is 0 Å². The summed E-state index contributed by atoms with van der Waals surface area (Å²) in [6, 6.07) is 4.12. The Hall–Kier alpha value is -0.266. The van der Waals surface area contributed by atoms with Gasteiger partial charge in [-0.2, -0.15) is 0 Å². The van der Waals surface area contributed by atoms with Crippen molar-refractivity contribution in [2.75, 3.05) is 0 Å². The van der Waals surface area contributed by atoms with Crippen LogP contribution in [0.5, 0.6) is 0 Å². The maximum absolute atomic E-state index is 3.55. The van der Waals surface area contributed by atoms with Crippen molar-refractivity contribution in [3.63, 3.8) is 0 Å². The number of hydrogen-bond donors (Lipinski definition) is 0. The van der Waals surface area contributed by atoms with E-state index in [9.17, 15) is 0 Å². The van der Waals surface area contributed by atoms with Crippen molar-refractivity contribution in [1.29, 1.82) is 0 Å². The second kappa shape index (κ2) is 6.66. The maximum Gasteiger partial charge on any atom is 0.129 e. The summed E-state index contributed by atoms with van der Waals surface area (Å²) in [6.45, 7) is 13.5. The highest BCUT2D eigenvalue weighted by Crippen LogP contribution is 2.26. The van der Waals surface area contributed by atoms with Gasteiger partial charge >= 0.3 is 0 Å². The standard InChI is InChI=1S/C16H20Br2Si2/c1-19(2,3)9-7-13-11-15(17)16(18)12-14(13)8-10-20(4,5)6/h11-12H,1-6H3. The first-order chi connectivity index (χ1) is 8.98. The molecular formula is C16H20Br2Si2. The lowest BCUT2D eigenvalue weighted by molar-refractivity contribution is 1.51. The van der Waals surface area contributed by atoms with Gasteiger partial charge in [-0.15, -0.1) is 11.1 Å². The third-order valence-corrected chi connectivity index (χ3v) is 5.80. The van der Waals surface area contributed by atoms with Crippen LogP contribution in [0.3, 0.4) is 0 Å². The molecule has 0 bridgehead atoms. The molecule has 4 heteroatoms. The van der Waals surface area contributed by atoms with Crippen LogP contribution in [0, 0.1) is 22.9 Å².